The number of alkyl carbamates (subject to hydrolysis) is 1. The van der Waals surface area contributed by atoms with Gasteiger partial charge in [-0.15, -0.1) is 0 Å². The first-order valence-corrected chi connectivity index (χ1v) is 11.5. The summed E-state index contributed by atoms with van der Waals surface area (Å²) in [6.07, 6.45) is -0.310. The van der Waals surface area contributed by atoms with Gasteiger partial charge >= 0.3 is 6.09 Å². The molecule has 0 heterocycles. The van der Waals surface area contributed by atoms with Crippen molar-refractivity contribution in [1.82, 2.24) is 5.32 Å². The van der Waals surface area contributed by atoms with Crippen LogP contribution in [0.1, 0.15) is 26.3 Å². The van der Waals surface area contributed by atoms with E-state index in [0.29, 0.717) is 11.5 Å². The Morgan fingerprint density at radius 3 is 2.31 bits per heavy atom. The Bertz CT molecular complexity index is 1140. The van der Waals surface area contributed by atoms with E-state index in [-0.39, 0.29) is 25.5 Å². The van der Waals surface area contributed by atoms with Crippen molar-refractivity contribution in [2.24, 2.45) is 0 Å². The largest absolute Gasteiger partial charge is 0.493 e. The van der Waals surface area contributed by atoms with Crippen LogP contribution in [0, 0.1) is 0 Å². The molecule has 0 saturated carbocycles. The van der Waals surface area contributed by atoms with Crippen LogP contribution in [0.4, 0.5) is 10.5 Å². The van der Waals surface area contributed by atoms with Gasteiger partial charge in [0.05, 0.1) is 20.1 Å². The van der Waals surface area contributed by atoms with Crippen molar-refractivity contribution in [1.29, 1.82) is 0 Å². The lowest BCUT2D eigenvalue weighted by molar-refractivity contribution is -0.115. The molecule has 0 aliphatic rings. The van der Waals surface area contributed by atoms with Crippen molar-refractivity contribution in [3.63, 3.8) is 0 Å². The first-order chi connectivity index (χ1) is 16.7. The molecule has 2 N–H and O–H groups in total. The molecule has 0 radical (unpaired) electrons. The van der Waals surface area contributed by atoms with Gasteiger partial charge in [0.25, 0.3) is 0 Å². The Morgan fingerprint density at radius 1 is 0.857 bits per heavy atom. The van der Waals surface area contributed by atoms with Crippen molar-refractivity contribution in [2.75, 3.05) is 25.6 Å². The van der Waals surface area contributed by atoms with E-state index in [2.05, 4.69) is 10.6 Å². The predicted molar refractivity (Wildman–Crippen MR) is 137 cm³/mol. The van der Waals surface area contributed by atoms with Crippen LogP contribution in [0.15, 0.2) is 72.8 Å². The number of hydrogen-bond acceptors (Lipinski definition) is 5. The standard InChI is InChI=1S/C28H32N2O5/c1-28(2,3)35-27(32)29-15-16-34-24-14-13-20(17-25(24)33-4)18-26(31)30-23-12-8-11-22(19-23)21-9-6-5-7-10-21/h5-14,17,19H,15-16,18H2,1-4H3,(H,29,32)(H,30,31). The fraction of sp³-hybridized carbons (Fsp3) is 0.286. The Kier molecular flexibility index (Phi) is 8.73. The second-order valence-electron chi connectivity index (χ2n) is 8.93. The van der Waals surface area contributed by atoms with Crippen molar-refractivity contribution >= 4 is 17.7 Å². The van der Waals surface area contributed by atoms with Crippen molar-refractivity contribution < 1.29 is 23.8 Å². The second-order valence-corrected chi connectivity index (χ2v) is 8.93. The van der Waals surface area contributed by atoms with Crippen LogP contribution in [0.5, 0.6) is 11.5 Å². The number of nitrogens with one attached hydrogen (secondary N) is 2. The zero-order valence-corrected chi connectivity index (χ0v) is 20.6. The lowest BCUT2D eigenvalue weighted by Crippen LogP contribution is -2.34. The molecule has 2 amide bonds. The highest BCUT2D eigenvalue weighted by Crippen LogP contribution is 2.28. The first-order valence-electron chi connectivity index (χ1n) is 11.5. The molecule has 0 atom stereocenters. The highest BCUT2D eigenvalue weighted by atomic mass is 16.6. The van der Waals surface area contributed by atoms with Gasteiger partial charge in [0, 0.05) is 5.69 Å². The van der Waals surface area contributed by atoms with Crippen molar-refractivity contribution in [3.05, 3.63) is 78.4 Å². The van der Waals surface area contributed by atoms with Gasteiger partial charge in [-0.1, -0.05) is 48.5 Å². The molecule has 7 nitrogen and oxygen atoms in total. The average molecular weight is 477 g/mol. The van der Waals surface area contributed by atoms with Gasteiger partial charge < -0.3 is 24.8 Å². The van der Waals surface area contributed by atoms with Crippen molar-refractivity contribution in [2.45, 2.75) is 32.8 Å². The van der Waals surface area contributed by atoms with Gasteiger partial charge in [-0.25, -0.2) is 4.79 Å². The van der Waals surface area contributed by atoms with E-state index in [1.54, 1.807) is 40.0 Å². The lowest BCUT2D eigenvalue weighted by Gasteiger charge is -2.19. The normalized spacial score (nSPS) is 10.9. The molecule has 0 spiro atoms. The van der Waals surface area contributed by atoms with E-state index >= 15 is 0 Å². The Hall–Kier alpha value is -4.00. The third-order valence-electron chi connectivity index (χ3n) is 4.87. The maximum atomic E-state index is 12.7. The van der Waals surface area contributed by atoms with E-state index in [9.17, 15) is 9.59 Å². The number of carbonyl (C=O) groups is 2. The quantitative estimate of drug-likeness (QED) is 0.401. The molecule has 0 aliphatic carbocycles. The highest BCUT2D eigenvalue weighted by molar-refractivity contribution is 5.93. The van der Waals surface area contributed by atoms with Crippen molar-refractivity contribution in [3.8, 4) is 22.6 Å². The molecule has 0 aromatic heterocycles. The number of ether oxygens (including phenoxy) is 3. The molecule has 3 aromatic carbocycles. The number of benzene rings is 3. The van der Waals surface area contributed by atoms with Gasteiger partial charge in [0.2, 0.25) is 5.91 Å². The Labute approximate surface area is 206 Å². The minimum absolute atomic E-state index is 0.132. The van der Waals surface area contributed by atoms with Crippen LogP contribution in [-0.2, 0) is 16.0 Å². The fourth-order valence-corrected chi connectivity index (χ4v) is 3.37. The van der Waals surface area contributed by atoms with E-state index in [1.165, 1.54) is 0 Å². The number of amides is 2. The number of rotatable bonds is 9. The highest BCUT2D eigenvalue weighted by Gasteiger charge is 2.16. The molecule has 3 rings (SSSR count). The van der Waals surface area contributed by atoms with E-state index in [0.717, 1.165) is 22.4 Å². The monoisotopic (exact) mass is 476 g/mol. The van der Waals surface area contributed by atoms with Crippen LogP contribution in [-0.4, -0.2) is 37.9 Å². The average Bonchev–Trinajstić information content (AvgIpc) is 2.82. The van der Waals surface area contributed by atoms with Crippen LogP contribution in [0.3, 0.4) is 0 Å². The van der Waals surface area contributed by atoms with Crippen LogP contribution in [0.2, 0.25) is 0 Å². The zero-order valence-electron chi connectivity index (χ0n) is 20.6. The Morgan fingerprint density at radius 2 is 1.60 bits per heavy atom. The molecule has 3 aromatic rings. The third-order valence-corrected chi connectivity index (χ3v) is 4.87. The number of anilines is 1. The van der Waals surface area contributed by atoms with Gasteiger partial charge in [-0.2, -0.15) is 0 Å². The molecule has 0 unspecified atom stereocenters. The summed E-state index contributed by atoms with van der Waals surface area (Å²) >= 11 is 0. The minimum Gasteiger partial charge on any atom is -0.493 e. The summed E-state index contributed by atoms with van der Waals surface area (Å²) in [6, 6.07) is 23.1. The summed E-state index contributed by atoms with van der Waals surface area (Å²) in [4.78, 5) is 24.4. The summed E-state index contributed by atoms with van der Waals surface area (Å²) in [5.41, 5.74) is 3.09. The second kappa shape index (κ2) is 11.9. The fourth-order valence-electron chi connectivity index (χ4n) is 3.37. The molecular weight excluding hydrogens is 444 g/mol. The number of hydrogen-bond donors (Lipinski definition) is 2. The van der Waals surface area contributed by atoms with Gasteiger partial charge in [-0.3, -0.25) is 4.79 Å². The molecule has 35 heavy (non-hydrogen) atoms. The summed E-state index contributed by atoms with van der Waals surface area (Å²) < 4.78 is 16.3. The Balaban J connectivity index is 1.53. The van der Waals surface area contributed by atoms with Crippen LogP contribution in [0.25, 0.3) is 11.1 Å². The summed E-state index contributed by atoms with van der Waals surface area (Å²) in [6.45, 7) is 5.93. The van der Waals surface area contributed by atoms with Gasteiger partial charge in [0.15, 0.2) is 11.5 Å². The van der Waals surface area contributed by atoms with Gasteiger partial charge in [-0.05, 0) is 61.7 Å². The molecular formula is C28H32N2O5. The van der Waals surface area contributed by atoms with Crippen LogP contribution < -0.4 is 20.1 Å². The topological polar surface area (TPSA) is 85.9 Å². The van der Waals surface area contributed by atoms with Crippen LogP contribution >= 0.6 is 0 Å². The maximum Gasteiger partial charge on any atom is 0.407 e. The third kappa shape index (κ3) is 8.37. The minimum atomic E-state index is -0.555. The van der Waals surface area contributed by atoms with Gasteiger partial charge in [0.1, 0.15) is 12.2 Å². The smallest absolute Gasteiger partial charge is 0.407 e. The SMILES string of the molecule is COc1cc(CC(=O)Nc2cccc(-c3ccccc3)c2)ccc1OCCNC(=O)OC(C)(C)C. The van der Waals surface area contributed by atoms with E-state index in [4.69, 9.17) is 14.2 Å². The molecule has 184 valence electrons. The number of methoxy groups -OCH3 is 1. The predicted octanol–water partition coefficient (Wildman–Crippen LogP) is 5.45. The molecule has 0 fully saturated rings. The number of carbonyl (C=O) groups excluding carboxylic acids is 2. The zero-order chi connectivity index (χ0) is 25.3. The molecule has 0 saturated heterocycles. The first kappa shape index (κ1) is 25.6. The summed E-state index contributed by atoms with van der Waals surface area (Å²) in [5.74, 6) is 0.907. The lowest BCUT2D eigenvalue weighted by atomic mass is 10.1. The molecule has 7 heteroatoms. The summed E-state index contributed by atoms with van der Waals surface area (Å²) in [5, 5.41) is 5.60. The maximum absolute atomic E-state index is 12.7. The summed E-state index contributed by atoms with van der Waals surface area (Å²) in [7, 11) is 1.54. The molecule has 0 aliphatic heterocycles. The molecule has 0 bridgehead atoms. The van der Waals surface area contributed by atoms with E-state index in [1.807, 2.05) is 60.7 Å². The van der Waals surface area contributed by atoms with E-state index < -0.39 is 11.7 Å².